The molecule has 4 rings (SSSR count). The summed E-state index contributed by atoms with van der Waals surface area (Å²) < 4.78 is 27.8. The Morgan fingerprint density at radius 1 is 1.03 bits per heavy atom. The number of aromatic amines is 1. The fraction of sp³-hybridized carbons (Fsp3) is 0.478. The molecule has 2 aliphatic rings. The second-order valence-corrected chi connectivity index (χ2v) is 10.6. The molecule has 32 heavy (non-hydrogen) atoms. The second kappa shape index (κ2) is 9.46. The molecule has 0 bridgehead atoms. The van der Waals surface area contributed by atoms with Crippen LogP contribution >= 0.6 is 0 Å². The molecule has 1 aromatic carbocycles. The van der Waals surface area contributed by atoms with Crippen molar-refractivity contribution in [1.82, 2.24) is 14.2 Å². The highest BCUT2D eigenvalue weighted by molar-refractivity contribution is 7.89. The van der Waals surface area contributed by atoms with Crippen LogP contribution in [-0.4, -0.2) is 60.6 Å². The summed E-state index contributed by atoms with van der Waals surface area (Å²) in [6.45, 7) is 3.85. The predicted molar refractivity (Wildman–Crippen MR) is 122 cm³/mol. The number of carbonyl (C=O) groups is 2. The number of carbonyl (C=O) groups excluding carboxylic acids is 2. The summed E-state index contributed by atoms with van der Waals surface area (Å²) in [7, 11) is -3.80. The molecule has 2 fully saturated rings. The number of aryl methyl sites for hydroxylation is 1. The Kier molecular flexibility index (Phi) is 6.66. The number of rotatable bonds is 5. The molecule has 0 radical (unpaired) electrons. The minimum atomic E-state index is -3.80. The van der Waals surface area contributed by atoms with Crippen molar-refractivity contribution in [3.05, 3.63) is 47.8 Å². The number of sulfonamides is 1. The van der Waals surface area contributed by atoms with Crippen LogP contribution in [0.15, 0.2) is 41.4 Å². The highest BCUT2D eigenvalue weighted by Crippen LogP contribution is 2.26. The van der Waals surface area contributed by atoms with Gasteiger partial charge in [-0.25, -0.2) is 8.42 Å². The van der Waals surface area contributed by atoms with E-state index in [4.69, 9.17) is 0 Å². The Morgan fingerprint density at radius 3 is 2.47 bits per heavy atom. The number of nitrogens with one attached hydrogen (secondary N) is 2. The quantitative estimate of drug-likeness (QED) is 0.719. The Hall–Kier alpha value is -2.65. The highest BCUT2D eigenvalue weighted by Gasteiger charge is 2.34. The molecular weight excluding hydrogens is 428 g/mol. The van der Waals surface area contributed by atoms with Crippen molar-refractivity contribution in [2.24, 2.45) is 5.92 Å². The van der Waals surface area contributed by atoms with Gasteiger partial charge in [0.05, 0.1) is 5.92 Å². The summed E-state index contributed by atoms with van der Waals surface area (Å²) >= 11 is 0. The maximum atomic E-state index is 13.2. The maximum Gasteiger partial charge on any atom is 0.270 e. The van der Waals surface area contributed by atoms with Gasteiger partial charge in [0.15, 0.2) is 0 Å². The molecule has 0 spiro atoms. The molecule has 3 heterocycles. The van der Waals surface area contributed by atoms with Crippen molar-refractivity contribution in [2.45, 2.75) is 43.9 Å². The maximum absolute atomic E-state index is 13.2. The first kappa shape index (κ1) is 22.5. The van der Waals surface area contributed by atoms with Crippen molar-refractivity contribution in [3.63, 3.8) is 0 Å². The van der Waals surface area contributed by atoms with Gasteiger partial charge in [-0.2, -0.15) is 4.31 Å². The van der Waals surface area contributed by atoms with Crippen LogP contribution < -0.4 is 5.32 Å². The Morgan fingerprint density at radius 2 is 1.75 bits per heavy atom. The first-order chi connectivity index (χ1) is 15.3. The van der Waals surface area contributed by atoms with Gasteiger partial charge in [-0.3, -0.25) is 9.59 Å². The van der Waals surface area contributed by atoms with Gasteiger partial charge < -0.3 is 15.2 Å². The summed E-state index contributed by atoms with van der Waals surface area (Å²) in [6.07, 6.45) is 5.67. The van der Waals surface area contributed by atoms with E-state index in [2.05, 4.69) is 10.3 Å². The summed E-state index contributed by atoms with van der Waals surface area (Å²) in [4.78, 5) is 30.1. The van der Waals surface area contributed by atoms with E-state index in [0.717, 1.165) is 24.8 Å². The molecule has 0 saturated carbocycles. The largest absolute Gasteiger partial charge is 0.356 e. The van der Waals surface area contributed by atoms with E-state index >= 15 is 0 Å². The molecule has 9 heteroatoms. The van der Waals surface area contributed by atoms with E-state index in [1.165, 1.54) is 16.6 Å². The van der Waals surface area contributed by atoms with E-state index in [1.807, 2.05) is 31.2 Å². The average Bonchev–Trinajstić information content (AvgIpc) is 3.32. The van der Waals surface area contributed by atoms with Crippen molar-refractivity contribution in [3.8, 4) is 0 Å². The van der Waals surface area contributed by atoms with Gasteiger partial charge >= 0.3 is 0 Å². The number of benzene rings is 1. The zero-order valence-electron chi connectivity index (χ0n) is 18.3. The van der Waals surface area contributed by atoms with Crippen LogP contribution in [0, 0.1) is 12.8 Å². The van der Waals surface area contributed by atoms with E-state index in [-0.39, 0.29) is 28.9 Å². The first-order valence-corrected chi connectivity index (χ1v) is 12.6. The fourth-order valence-corrected chi connectivity index (χ4v) is 5.84. The van der Waals surface area contributed by atoms with Gasteiger partial charge in [0.1, 0.15) is 10.6 Å². The fourth-order valence-electron chi connectivity index (χ4n) is 4.32. The lowest BCUT2D eigenvalue weighted by molar-refractivity contribution is -0.120. The smallest absolute Gasteiger partial charge is 0.270 e. The molecular formula is C23H30N4O4S. The van der Waals surface area contributed by atoms with Crippen LogP contribution in [0.2, 0.25) is 0 Å². The topological polar surface area (TPSA) is 103 Å². The monoisotopic (exact) mass is 458 g/mol. The summed E-state index contributed by atoms with van der Waals surface area (Å²) in [5, 5.41) is 2.89. The zero-order valence-corrected chi connectivity index (χ0v) is 19.2. The molecule has 8 nitrogen and oxygen atoms in total. The number of anilines is 1. The molecule has 2 aromatic rings. The molecule has 2 saturated heterocycles. The van der Waals surface area contributed by atoms with Crippen LogP contribution in [-0.2, 0) is 14.8 Å². The molecule has 1 aromatic heterocycles. The van der Waals surface area contributed by atoms with Crippen LogP contribution in [0.25, 0.3) is 0 Å². The number of hydrogen-bond donors (Lipinski definition) is 2. The van der Waals surface area contributed by atoms with Gasteiger partial charge in [0, 0.05) is 38.1 Å². The van der Waals surface area contributed by atoms with Gasteiger partial charge in [-0.1, -0.05) is 17.7 Å². The Labute approximate surface area is 189 Å². The summed E-state index contributed by atoms with van der Waals surface area (Å²) in [5.74, 6) is -0.767. The zero-order chi connectivity index (χ0) is 22.7. The lowest BCUT2D eigenvalue weighted by Crippen LogP contribution is -2.43. The average molecular weight is 459 g/mol. The van der Waals surface area contributed by atoms with Gasteiger partial charge in [0.2, 0.25) is 15.9 Å². The number of nitrogens with zero attached hydrogens (tertiary/aromatic N) is 2. The number of amides is 2. The first-order valence-electron chi connectivity index (χ1n) is 11.2. The predicted octanol–water partition coefficient (Wildman–Crippen LogP) is 2.99. The number of hydrogen-bond acceptors (Lipinski definition) is 4. The van der Waals surface area contributed by atoms with Crippen molar-refractivity contribution < 1.29 is 18.0 Å². The molecule has 1 atom stereocenters. The van der Waals surface area contributed by atoms with Gasteiger partial charge in [-0.05, 0) is 57.2 Å². The molecule has 2 amide bonds. The van der Waals surface area contributed by atoms with E-state index in [1.54, 1.807) is 4.90 Å². The summed E-state index contributed by atoms with van der Waals surface area (Å²) in [6, 6.07) is 8.93. The van der Waals surface area contributed by atoms with Crippen LogP contribution in [0.5, 0.6) is 0 Å². The minimum absolute atomic E-state index is 0.0671. The van der Waals surface area contributed by atoms with E-state index in [9.17, 15) is 18.0 Å². The molecule has 0 aliphatic carbocycles. The lowest BCUT2D eigenvalue weighted by atomic mass is 9.98. The molecule has 2 N–H and O–H groups in total. The standard InChI is InChI=1S/C23H30N4O4S/c1-17-7-9-19(10-8-17)25-22(28)18-6-5-13-27(16-18)32(30,31)20-14-21(24-15-20)23(29)26-11-3-2-4-12-26/h7-10,14-15,18,24H,2-6,11-13,16H2,1H3,(H,25,28)/t18-/m0/s1. The third-order valence-corrected chi connectivity index (χ3v) is 8.08. The molecule has 0 unspecified atom stereocenters. The normalized spacial score (nSPS) is 20.2. The lowest BCUT2D eigenvalue weighted by Gasteiger charge is -2.31. The second-order valence-electron chi connectivity index (χ2n) is 8.66. The summed E-state index contributed by atoms with van der Waals surface area (Å²) in [5.41, 5.74) is 2.09. The Bertz CT molecular complexity index is 1070. The third-order valence-electron chi connectivity index (χ3n) is 6.24. The molecule has 172 valence electrons. The number of aromatic nitrogens is 1. The van der Waals surface area contributed by atoms with E-state index in [0.29, 0.717) is 38.2 Å². The van der Waals surface area contributed by atoms with E-state index < -0.39 is 15.9 Å². The van der Waals surface area contributed by atoms with Crippen molar-refractivity contribution in [1.29, 1.82) is 0 Å². The van der Waals surface area contributed by atoms with Crippen LogP contribution in [0.4, 0.5) is 5.69 Å². The van der Waals surface area contributed by atoms with Crippen molar-refractivity contribution >= 4 is 27.5 Å². The number of likely N-dealkylation sites (tertiary alicyclic amines) is 1. The number of piperidine rings is 2. The third kappa shape index (κ3) is 4.88. The SMILES string of the molecule is Cc1ccc(NC(=O)[C@H]2CCCN(S(=O)(=O)c3c[nH]c(C(=O)N4CCCCC4)c3)C2)cc1. The highest BCUT2D eigenvalue weighted by atomic mass is 32.2. The number of H-pyrrole nitrogens is 1. The van der Waals surface area contributed by atoms with Gasteiger partial charge in [0.25, 0.3) is 5.91 Å². The molecule has 2 aliphatic heterocycles. The van der Waals surface area contributed by atoms with Gasteiger partial charge in [-0.15, -0.1) is 0 Å². The van der Waals surface area contributed by atoms with Crippen LogP contribution in [0.1, 0.15) is 48.2 Å². The Balaban J connectivity index is 1.43. The minimum Gasteiger partial charge on any atom is -0.356 e. The van der Waals surface area contributed by atoms with Crippen molar-refractivity contribution in [2.75, 3.05) is 31.5 Å². The van der Waals surface area contributed by atoms with Crippen LogP contribution in [0.3, 0.4) is 0 Å².